The molecule has 1 saturated heterocycles. The first-order chi connectivity index (χ1) is 9.78. The fraction of sp³-hybridized carbons (Fsp3) is 0.417. The quantitative estimate of drug-likeness (QED) is 0.607. The van der Waals surface area contributed by atoms with Gasteiger partial charge in [0.05, 0.1) is 5.69 Å². The van der Waals surface area contributed by atoms with Crippen LogP contribution in [-0.4, -0.2) is 33.1 Å². The molecule has 0 unspecified atom stereocenters. The van der Waals surface area contributed by atoms with Crippen molar-refractivity contribution in [3.63, 3.8) is 0 Å². The molecule has 8 nitrogen and oxygen atoms in total. The van der Waals surface area contributed by atoms with Crippen molar-refractivity contribution >= 4 is 27.5 Å². The van der Waals surface area contributed by atoms with Crippen LogP contribution in [0.25, 0.3) is 0 Å². The topological polar surface area (TPSA) is 137 Å². The molecule has 116 valence electrons. The van der Waals surface area contributed by atoms with E-state index in [1.165, 1.54) is 12.1 Å². The molecule has 6 N–H and O–H groups in total. The van der Waals surface area contributed by atoms with Gasteiger partial charge in [-0.1, -0.05) is 6.07 Å². The molecule has 0 atom stereocenters. The Kier molecular flexibility index (Phi) is 4.47. The highest BCUT2D eigenvalue weighted by Crippen LogP contribution is 2.21. The summed E-state index contributed by atoms with van der Waals surface area (Å²) in [4.78, 5) is 12.2. The second kappa shape index (κ2) is 5.98. The van der Waals surface area contributed by atoms with Crippen molar-refractivity contribution in [2.45, 2.75) is 18.4 Å². The van der Waals surface area contributed by atoms with E-state index in [9.17, 15) is 13.2 Å². The number of rotatable bonds is 4. The molecule has 1 aromatic rings. The second-order valence-electron chi connectivity index (χ2n) is 4.95. The van der Waals surface area contributed by atoms with Crippen LogP contribution >= 0.6 is 0 Å². The molecule has 1 fully saturated rings. The number of carbonyl (C=O) groups excluding carboxylic acids is 1. The van der Waals surface area contributed by atoms with E-state index in [1.807, 2.05) is 0 Å². The predicted molar refractivity (Wildman–Crippen MR) is 78.8 cm³/mol. The molecule has 9 heteroatoms. The van der Waals surface area contributed by atoms with Crippen LogP contribution in [0.3, 0.4) is 0 Å². The number of nitrogens with one attached hydrogen (secondary N) is 2. The van der Waals surface area contributed by atoms with Crippen molar-refractivity contribution in [3.05, 3.63) is 24.3 Å². The Balaban J connectivity index is 2.09. The fourth-order valence-electron chi connectivity index (χ4n) is 2.04. The molecule has 0 aromatic heterocycles. The minimum Gasteiger partial charge on any atom is -0.381 e. The summed E-state index contributed by atoms with van der Waals surface area (Å²) in [5.41, 5.74) is 5.79. The maximum atomic E-state index is 12.2. The summed E-state index contributed by atoms with van der Waals surface area (Å²) >= 11 is 0. The summed E-state index contributed by atoms with van der Waals surface area (Å²) < 4.78 is 29.3. The lowest BCUT2D eigenvalue weighted by Gasteiger charge is -2.31. The standard InChI is InChI=1S/C12H18N4O4S/c13-12(4-6-20-7-5-12)11(17)15-9-2-1-3-10(8-9)16-21(14,18)19/h1-3,8,16H,4-7,13H2,(H,15,17)(H2,14,18,19). The van der Waals surface area contributed by atoms with Gasteiger partial charge in [0.1, 0.15) is 5.54 Å². The summed E-state index contributed by atoms with van der Waals surface area (Å²) in [7, 11) is -3.86. The molecular formula is C12H18N4O4S. The lowest BCUT2D eigenvalue weighted by Crippen LogP contribution is -2.54. The van der Waals surface area contributed by atoms with E-state index in [0.717, 1.165) is 0 Å². The number of benzene rings is 1. The van der Waals surface area contributed by atoms with Crippen LogP contribution < -0.4 is 20.9 Å². The summed E-state index contributed by atoms with van der Waals surface area (Å²) in [6.07, 6.45) is 0.877. The van der Waals surface area contributed by atoms with E-state index in [-0.39, 0.29) is 11.6 Å². The van der Waals surface area contributed by atoms with E-state index < -0.39 is 15.7 Å². The average molecular weight is 314 g/mol. The van der Waals surface area contributed by atoms with Crippen molar-refractivity contribution in [3.8, 4) is 0 Å². The maximum absolute atomic E-state index is 12.2. The first kappa shape index (κ1) is 15.7. The molecule has 0 saturated carbocycles. The monoisotopic (exact) mass is 314 g/mol. The van der Waals surface area contributed by atoms with E-state index in [2.05, 4.69) is 10.0 Å². The Bertz CT molecular complexity index is 626. The Hall–Kier alpha value is -1.68. The highest BCUT2D eigenvalue weighted by Gasteiger charge is 2.35. The van der Waals surface area contributed by atoms with E-state index in [4.69, 9.17) is 15.6 Å². The van der Waals surface area contributed by atoms with Gasteiger partial charge in [-0.3, -0.25) is 9.52 Å². The third-order valence-corrected chi connectivity index (χ3v) is 3.74. The van der Waals surface area contributed by atoms with Crippen LogP contribution in [0, 0.1) is 0 Å². The molecule has 1 aliphatic heterocycles. The molecule has 0 radical (unpaired) electrons. The van der Waals surface area contributed by atoms with Gasteiger partial charge in [0.15, 0.2) is 0 Å². The SMILES string of the molecule is NC1(C(=O)Nc2cccc(NS(N)(=O)=O)c2)CCOCC1. The zero-order valence-corrected chi connectivity index (χ0v) is 12.2. The van der Waals surface area contributed by atoms with Gasteiger partial charge in [0, 0.05) is 18.9 Å². The van der Waals surface area contributed by atoms with Gasteiger partial charge in [-0.25, -0.2) is 5.14 Å². The summed E-state index contributed by atoms with van der Waals surface area (Å²) in [5, 5.41) is 7.58. The number of anilines is 2. The minimum absolute atomic E-state index is 0.258. The zero-order chi connectivity index (χ0) is 15.5. The Morgan fingerprint density at radius 3 is 2.48 bits per heavy atom. The Labute approximate surface area is 123 Å². The van der Waals surface area contributed by atoms with Gasteiger partial charge in [-0.15, -0.1) is 0 Å². The lowest BCUT2D eigenvalue weighted by molar-refractivity contribution is -0.124. The van der Waals surface area contributed by atoms with Crippen molar-refractivity contribution in [1.82, 2.24) is 0 Å². The highest BCUT2D eigenvalue weighted by molar-refractivity contribution is 7.90. The smallest absolute Gasteiger partial charge is 0.296 e. The Morgan fingerprint density at radius 2 is 1.86 bits per heavy atom. The summed E-state index contributed by atoms with van der Waals surface area (Å²) in [6.45, 7) is 0.883. The molecule has 0 aliphatic carbocycles. The maximum Gasteiger partial charge on any atom is 0.296 e. The normalized spacial score (nSPS) is 18.0. The number of nitrogens with two attached hydrogens (primary N) is 2. The van der Waals surface area contributed by atoms with Crippen LogP contribution in [0.1, 0.15) is 12.8 Å². The third-order valence-electron chi connectivity index (χ3n) is 3.22. The summed E-state index contributed by atoms with van der Waals surface area (Å²) in [6, 6.07) is 6.21. The van der Waals surface area contributed by atoms with Crippen molar-refractivity contribution in [2.24, 2.45) is 10.9 Å². The van der Waals surface area contributed by atoms with Gasteiger partial charge < -0.3 is 15.8 Å². The van der Waals surface area contributed by atoms with Crippen molar-refractivity contribution in [2.75, 3.05) is 23.3 Å². The van der Waals surface area contributed by atoms with Crippen molar-refractivity contribution < 1.29 is 17.9 Å². The second-order valence-corrected chi connectivity index (χ2v) is 6.24. The van der Waals surface area contributed by atoms with Gasteiger partial charge in [0.25, 0.3) is 10.2 Å². The molecule has 21 heavy (non-hydrogen) atoms. The molecule has 2 rings (SSSR count). The minimum atomic E-state index is -3.86. The Morgan fingerprint density at radius 1 is 1.24 bits per heavy atom. The summed E-state index contributed by atoms with van der Waals surface area (Å²) in [5.74, 6) is -0.321. The van der Waals surface area contributed by atoms with Gasteiger partial charge in [0.2, 0.25) is 5.91 Å². The number of amides is 1. The molecule has 1 aromatic carbocycles. The number of carbonyl (C=O) groups is 1. The van der Waals surface area contributed by atoms with E-state index in [1.54, 1.807) is 12.1 Å². The third kappa shape index (κ3) is 4.39. The van der Waals surface area contributed by atoms with E-state index in [0.29, 0.717) is 31.7 Å². The molecule has 0 spiro atoms. The molecule has 1 heterocycles. The van der Waals surface area contributed by atoms with Crippen LogP contribution in [0.15, 0.2) is 24.3 Å². The van der Waals surface area contributed by atoms with Crippen LogP contribution in [0.5, 0.6) is 0 Å². The predicted octanol–water partition coefficient (Wildman–Crippen LogP) is -0.252. The molecule has 1 amide bonds. The zero-order valence-electron chi connectivity index (χ0n) is 11.3. The molecule has 1 aliphatic rings. The largest absolute Gasteiger partial charge is 0.381 e. The van der Waals surface area contributed by atoms with Gasteiger partial charge >= 0.3 is 0 Å². The van der Waals surface area contributed by atoms with Crippen LogP contribution in [-0.2, 0) is 19.7 Å². The number of hydrogen-bond acceptors (Lipinski definition) is 5. The van der Waals surface area contributed by atoms with Crippen LogP contribution in [0.2, 0.25) is 0 Å². The number of hydrogen-bond donors (Lipinski definition) is 4. The molecular weight excluding hydrogens is 296 g/mol. The number of ether oxygens (including phenoxy) is 1. The van der Waals surface area contributed by atoms with Crippen molar-refractivity contribution in [1.29, 1.82) is 0 Å². The first-order valence-corrected chi connectivity index (χ1v) is 7.92. The molecule has 0 bridgehead atoms. The fourth-order valence-corrected chi connectivity index (χ4v) is 2.50. The lowest BCUT2D eigenvalue weighted by atomic mass is 9.90. The van der Waals surface area contributed by atoms with Gasteiger partial charge in [-0.2, -0.15) is 8.42 Å². The van der Waals surface area contributed by atoms with Gasteiger partial charge in [-0.05, 0) is 31.0 Å². The average Bonchev–Trinajstić information content (AvgIpc) is 2.38. The highest BCUT2D eigenvalue weighted by atomic mass is 32.2. The van der Waals surface area contributed by atoms with Crippen LogP contribution in [0.4, 0.5) is 11.4 Å². The first-order valence-electron chi connectivity index (χ1n) is 6.37. The van der Waals surface area contributed by atoms with E-state index >= 15 is 0 Å².